The molecule has 4 aromatic carbocycles. The number of carbonyl (C=O) groups is 1. The molecule has 2 nitrogen and oxygen atoms in total. The first kappa shape index (κ1) is 21.4. The topological polar surface area (TPSA) is 34.1 Å². The lowest BCUT2D eigenvalue weighted by Gasteiger charge is -2.34. The zero-order chi connectivity index (χ0) is 21.9. The van der Waals surface area contributed by atoms with Crippen LogP contribution >= 0.6 is 23.1 Å². The fourth-order valence-corrected chi connectivity index (χ4v) is 7.07. The first-order valence-electron chi connectivity index (χ1n) is 9.74. The highest BCUT2D eigenvalue weighted by atomic mass is 79.9. The molecule has 0 aliphatic rings. The minimum atomic E-state index is -4.13. The summed E-state index contributed by atoms with van der Waals surface area (Å²) in [7, 11) is -4.13. The molecule has 0 saturated heterocycles. The highest BCUT2D eigenvalue weighted by Gasteiger charge is 2.58. The molecule has 4 aromatic rings. The van der Waals surface area contributed by atoms with E-state index in [4.69, 9.17) is 0 Å². The first-order chi connectivity index (χ1) is 15.0. The van der Waals surface area contributed by atoms with Crippen LogP contribution in [0.5, 0.6) is 0 Å². The van der Waals surface area contributed by atoms with Crippen molar-refractivity contribution >= 4 is 39.5 Å². The predicted molar refractivity (Wildman–Crippen MR) is 127 cm³/mol. The van der Waals surface area contributed by atoms with Gasteiger partial charge in [0.15, 0.2) is 7.14 Å². The van der Waals surface area contributed by atoms with Crippen molar-refractivity contribution in [1.82, 2.24) is 0 Å². The highest BCUT2D eigenvalue weighted by Crippen LogP contribution is 2.63. The second-order valence-corrected chi connectivity index (χ2v) is 10.9. The van der Waals surface area contributed by atoms with Gasteiger partial charge in [0, 0.05) is 26.2 Å². The van der Waals surface area contributed by atoms with Crippen LogP contribution in [0.3, 0.4) is 0 Å². The van der Waals surface area contributed by atoms with Gasteiger partial charge in [-0.1, -0.05) is 119 Å². The van der Waals surface area contributed by atoms with Crippen molar-refractivity contribution in [2.45, 2.75) is 5.41 Å². The summed E-state index contributed by atoms with van der Waals surface area (Å²) in [6.45, 7) is 0. The zero-order valence-corrected chi connectivity index (χ0v) is 19.0. The summed E-state index contributed by atoms with van der Waals surface area (Å²) in [6.07, 6.45) is 0. The van der Waals surface area contributed by atoms with Crippen LogP contribution < -0.4 is 10.6 Å². The Morgan fingerprint density at radius 1 is 0.677 bits per heavy atom. The molecule has 31 heavy (non-hydrogen) atoms. The summed E-state index contributed by atoms with van der Waals surface area (Å²) < 4.78 is 33.2. The van der Waals surface area contributed by atoms with Gasteiger partial charge in [0.2, 0.25) is 5.78 Å². The van der Waals surface area contributed by atoms with Crippen LogP contribution in [0.15, 0.2) is 120 Å². The van der Waals surface area contributed by atoms with E-state index in [-0.39, 0.29) is 21.7 Å². The third kappa shape index (κ3) is 3.71. The summed E-state index contributed by atoms with van der Waals surface area (Å²) in [5, 5.41) is -2.21. The normalized spacial score (nSPS) is 13.4. The number of ketones is 1. The quantitative estimate of drug-likeness (QED) is 0.228. The highest BCUT2D eigenvalue weighted by molar-refractivity contribution is 9.10. The van der Waals surface area contributed by atoms with E-state index < -0.39 is 18.3 Å². The molecule has 0 aliphatic carbocycles. The minimum absolute atomic E-state index is 0.0685. The minimum Gasteiger partial charge on any atom is -0.309 e. The van der Waals surface area contributed by atoms with Gasteiger partial charge in [0.05, 0.1) is 0 Å². The Labute approximate surface area is 189 Å². The molecule has 4 rings (SSSR count). The SMILES string of the molecule is O=C(c1ccc(Br)cc1)[C@@](F)(c1ccccc1)P(=O)(c1ccccc1)c1ccccc1. The Balaban J connectivity index is 2.06. The van der Waals surface area contributed by atoms with Crippen molar-refractivity contribution in [3.63, 3.8) is 0 Å². The molecule has 154 valence electrons. The van der Waals surface area contributed by atoms with Gasteiger partial charge in [0.25, 0.3) is 5.41 Å². The molecule has 1 atom stereocenters. The second kappa shape index (κ2) is 8.74. The predicted octanol–water partition coefficient (Wildman–Crippen LogP) is 6.47. The molecule has 5 heteroatoms. The van der Waals surface area contributed by atoms with Crippen molar-refractivity contribution in [3.8, 4) is 0 Å². The van der Waals surface area contributed by atoms with Crippen molar-refractivity contribution in [3.05, 3.63) is 131 Å². The van der Waals surface area contributed by atoms with Crippen LogP contribution in [-0.2, 0) is 9.97 Å². The Morgan fingerprint density at radius 2 is 1.10 bits per heavy atom. The maximum Gasteiger partial charge on any atom is 0.257 e. The van der Waals surface area contributed by atoms with Gasteiger partial charge in [-0.25, -0.2) is 4.39 Å². The van der Waals surface area contributed by atoms with Gasteiger partial charge >= 0.3 is 0 Å². The van der Waals surface area contributed by atoms with Crippen LogP contribution in [0.25, 0.3) is 0 Å². The maximum atomic E-state index is 17.5. The molecule has 0 unspecified atom stereocenters. The van der Waals surface area contributed by atoms with E-state index in [1.54, 1.807) is 103 Å². The average Bonchev–Trinajstić information content (AvgIpc) is 2.84. The first-order valence-corrected chi connectivity index (χ1v) is 12.2. The van der Waals surface area contributed by atoms with Crippen molar-refractivity contribution in [2.75, 3.05) is 0 Å². The van der Waals surface area contributed by atoms with Crippen molar-refractivity contribution in [2.24, 2.45) is 0 Å². The molecule has 0 fully saturated rings. The number of carbonyl (C=O) groups excluding carboxylic acids is 1. The molecule has 0 saturated carbocycles. The van der Waals surface area contributed by atoms with Crippen LogP contribution in [0.2, 0.25) is 0 Å². The summed E-state index contributed by atoms with van der Waals surface area (Å²) in [4.78, 5) is 13.8. The van der Waals surface area contributed by atoms with Gasteiger partial charge in [-0.15, -0.1) is 0 Å². The van der Waals surface area contributed by atoms with Crippen LogP contribution in [0.4, 0.5) is 4.39 Å². The summed E-state index contributed by atoms with van der Waals surface area (Å²) in [6, 6.07) is 31.4. The van der Waals surface area contributed by atoms with Crippen molar-refractivity contribution in [1.29, 1.82) is 0 Å². The van der Waals surface area contributed by atoms with Gasteiger partial charge in [-0.05, 0) is 12.1 Å². The van der Waals surface area contributed by atoms with Gasteiger partial charge in [-0.3, -0.25) is 4.79 Å². The molecule has 0 radical (unpaired) electrons. The molecular formula is C26H19BrFO2P. The van der Waals surface area contributed by atoms with Crippen LogP contribution in [0.1, 0.15) is 15.9 Å². The molecule has 0 aliphatic heterocycles. The lowest BCUT2D eigenvalue weighted by molar-refractivity contribution is 0.0824. The number of halogens is 2. The van der Waals surface area contributed by atoms with E-state index >= 15 is 4.39 Å². The Morgan fingerprint density at radius 3 is 1.55 bits per heavy atom. The number of alkyl halides is 1. The number of hydrogen-bond donors (Lipinski definition) is 0. The van der Waals surface area contributed by atoms with E-state index in [9.17, 15) is 9.36 Å². The number of Topliss-reactive ketones (excluding diaryl/α,β-unsaturated/α-hetero) is 1. The van der Waals surface area contributed by atoms with Gasteiger partial charge < -0.3 is 4.57 Å². The van der Waals surface area contributed by atoms with E-state index in [0.29, 0.717) is 0 Å². The number of rotatable bonds is 6. The van der Waals surface area contributed by atoms with E-state index in [2.05, 4.69) is 15.9 Å². The molecular weight excluding hydrogens is 474 g/mol. The molecule has 0 amide bonds. The van der Waals surface area contributed by atoms with E-state index in [0.717, 1.165) is 4.47 Å². The Kier molecular flexibility index (Phi) is 6.04. The zero-order valence-electron chi connectivity index (χ0n) is 16.5. The fraction of sp³-hybridized carbons (Fsp3) is 0.0385. The smallest absolute Gasteiger partial charge is 0.257 e. The van der Waals surface area contributed by atoms with E-state index in [1.807, 2.05) is 0 Å². The lowest BCUT2D eigenvalue weighted by Crippen LogP contribution is -2.39. The summed E-state index contributed by atoms with van der Waals surface area (Å²) in [5.74, 6) is -0.831. The average molecular weight is 493 g/mol. The Hall–Kier alpha value is -2.81. The van der Waals surface area contributed by atoms with Crippen LogP contribution in [0, 0.1) is 0 Å². The van der Waals surface area contributed by atoms with Gasteiger partial charge in [-0.2, -0.15) is 0 Å². The molecule has 0 bridgehead atoms. The van der Waals surface area contributed by atoms with Crippen molar-refractivity contribution < 1.29 is 13.8 Å². The third-order valence-corrected chi connectivity index (χ3v) is 9.15. The third-order valence-electron chi connectivity index (χ3n) is 5.24. The largest absolute Gasteiger partial charge is 0.309 e. The molecule has 0 spiro atoms. The maximum absolute atomic E-state index is 17.5. The fourth-order valence-electron chi connectivity index (χ4n) is 3.69. The molecule has 0 N–H and O–H groups in total. The molecule has 0 aromatic heterocycles. The summed E-state index contributed by atoms with van der Waals surface area (Å²) >= 11 is 3.34. The van der Waals surface area contributed by atoms with Crippen LogP contribution in [-0.4, -0.2) is 5.78 Å². The lowest BCUT2D eigenvalue weighted by atomic mass is 10.0. The number of benzene rings is 4. The standard InChI is InChI=1S/C26H19BrFO2P/c27-22-18-16-20(17-19-22)25(29)26(28,21-10-4-1-5-11-21)31(30,23-12-6-2-7-13-23)24-14-8-3-9-15-24/h1-19H/t26-/m1/s1. The van der Waals surface area contributed by atoms with E-state index in [1.165, 1.54) is 12.1 Å². The Bertz CT molecular complexity index is 1190. The summed E-state index contributed by atoms with van der Waals surface area (Å²) in [5.41, 5.74) is 0.223. The monoisotopic (exact) mass is 492 g/mol. The second-order valence-electron chi connectivity index (χ2n) is 7.10. The van der Waals surface area contributed by atoms with Gasteiger partial charge in [0.1, 0.15) is 0 Å². The number of hydrogen-bond acceptors (Lipinski definition) is 2. The molecule has 0 heterocycles.